The average Bonchev–Trinajstić information content (AvgIpc) is 3.36. The quantitative estimate of drug-likeness (QED) is 0.386. The lowest BCUT2D eigenvalue weighted by atomic mass is 9.66. The lowest BCUT2D eigenvalue weighted by molar-refractivity contribution is -0.154. The van der Waals surface area contributed by atoms with Gasteiger partial charge < -0.3 is 24.7 Å². The van der Waals surface area contributed by atoms with E-state index in [1.165, 1.54) is 9.80 Å². The van der Waals surface area contributed by atoms with Gasteiger partial charge in [0.25, 0.3) is 5.91 Å². The first-order valence-electron chi connectivity index (χ1n) is 11.7. The van der Waals surface area contributed by atoms with E-state index in [0.717, 1.165) is 0 Å². The number of carbonyl (C=O) groups is 3. The Morgan fingerprint density at radius 3 is 2.68 bits per heavy atom. The number of hydrogen-bond donors (Lipinski definition) is 2. The van der Waals surface area contributed by atoms with Crippen LogP contribution in [0.25, 0.3) is 0 Å². The number of halogens is 1. The van der Waals surface area contributed by atoms with Crippen molar-refractivity contribution in [2.45, 2.75) is 56.3 Å². The molecule has 0 aromatic heterocycles. The molecule has 8 nitrogen and oxygen atoms in total. The number of carboxylic acid groups (broad SMARTS) is 1. The second kappa shape index (κ2) is 9.32. The van der Waals surface area contributed by atoms with Crippen LogP contribution in [0.4, 0.5) is 5.69 Å². The monoisotopic (exact) mass is 490 g/mol. The number of anilines is 1. The van der Waals surface area contributed by atoms with Gasteiger partial charge in [0.1, 0.15) is 11.6 Å². The number of likely N-dealkylation sites (tertiary alicyclic amines) is 1. The van der Waals surface area contributed by atoms with Crippen molar-refractivity contribution in [1.29, 1.82) is 0 Å². The fourth-order valence-electron chi connectivity index (χ4n) is 6.15. The minimum atomic E-state index is -1.20. The molecule has 4 rings (SSSR count). The fourth-order valence-corrected chi connectivity index (χ4v) is 6.38. The molecule has 3 saturated heterocycles. The Morgan fingerprint density at radius 1 is 1.29 bits per heavy atom. The Balaban J connectivity index is 1.77. The van der Waals surface area contributed by atoms with Crippen molar-refractivity contribution < 1.29 is 29.3 Å². The van der Waals surface area contributed by atoms with Crippen LogP contribution >= 0.6 is 11.6 Å². The third kappa shape index (κ3) is 3.72. The van der Waals surface area contributed by atoms with E-state index in [2.05, 4.69) is 6.58 Å². The molecule has 3 aliphatic heterocycles. The summed E-state index contributed by atoms with van der Waals surface area (Å²) < 4.78 is 6.41. The number of hydrogen-bond acceptors (Lipinski definition) is 5. The lowest BCUT2D eigenvalue weighted by Crippen LogP contribution is -2.56. The molecule has 184 valence electrons. The zero-order valence-corrected chi connectivity index (χ0v) is 20.0. The van der Waals surface area contributed by atoms with Crippen molar-refractivity contribution in [2.24, 2.45) is 11.8 Å². The maximum Gasteiger partial charge on any atom is 0.310 e. The molecule has 3 heterocycles. The van der Waals surface area contributed by atoms with Crippen molar-refractivity contribution in [3.05, 3.63) is 41.9 Å². The zero-order valence-electron chi connectivity index (χ0n) is 19.3. The number of rotatable bonds is 10. The highest BCUT2D eigenvalue weighted by Crippen LogP contribution is 2.63. The van der Waals surface area contributed by atoms with Gasteiger partial charge in [-0.1, -0.05) is 29.8 Å². The first-order chi connectivity index (χ1) is 16.2. The largest absolute Gasteiger partial charge is 0.481 e. The van der Waals surface area contributed by atoms with E-state index in [1.54, 1.807) is 37.3 Å². The molecule has 3 aliphatic rings. The summed E-state index contributed by atoms with van der Waals surface area (Å²) in [5.74, 6) is -3.73. The van der Waals surface area contributed by atoms with Gasteiger partial charge in [-0.25, -0.2) is 0 Å². The number of para-hydroxylation sites is 1. The molecule has 0 radical (unpaired) electrons. The molecule has 5 atom stereocenters. The summed E-state index contributed by atoms with van der Waals surface area (Å²) in [6.45, 7) is 6.01. The van der Waals surface area contributed by atoms with E-state index in [0.29, 0.717) is 42.8 Å². The van der Waals surface area contributed by atoms with Gasteiger partial charge in [0.2, 0.25) is 5.91 Å². The highest BCUT2D eigenvalue weighted by atomic mass is 35.5. The molecule has 1 spiro atoms. The number of ether oxygens (including phenoxy) is 1. The number of aliphatic hydroxyl groups excluding tert-OH is 1. The summed E-state index contributed by atoms with van der Waals surface area (Å²) in [5.41, 5.74) is -1.71. The molecule has 9 heteroatoms. The van der Waals surface area contributed by atoms with Gasteiger partial charge in [0.05, 0.1) is 28.1 Å². The summed E-state index contributed by atoms with van der Waals surface area (Å²) in [6.07, 6.45) is 4.33. The second-order valence-electron chi connectivity index (χ2n) is 9.57. The number of carboxylic acids is 1. The van der Waals surface area contributed by atoms with Gasteiger partial charge >= 0.3 is 5.97 Å². The Kier molecular flexibility index (Phi) is 6.77. The van der Waals surface area contributed by atoms with Gasteiger partial charge in [-0.15, -0.1) is 6.58 Å². The molecule has 1 aromatic carbocycles. The average molecular weight is 491 g/mol. The van der Waals surface area contributed by atoms with Crippen LogP contribution in [0.1, 0.15) is 39.0 Å². The predicted octanol–water partition coefficient (Wildman–Crippen LogP) is 2.87. The highest BCUT2D eigenvalue weighted by molar-refractivity contribution is 6.34. The minimum absolute atomic E-state index is 0.0467. The summed E-state index contributed by atoms with van der Waals surface area (Å²) in [5, 5.41) is 19.5. The number of carbonyl (C=O) groups excluding carboxylic acids is 2. The van der Waals surface area contributed by atoms with E-state index >= 15 is 0 Å². The normalized spacial score (nSPS) is 31.6. The van der Waals surface area contributed by atoms with E-state index in [4.69, 9.17) is 21.4 Å². The van der Waals surface area contributed by atoms with Crippen LogP contribution in [0.2, 0.25) is 5.02 Å². The molecule has 3 fully saturated rings. The van der Waals surface area contributed by atoms with Crippen LogP contribution in [0.3, 0.4) is 0 Å². The van der Waals surface area contributed by atoms with E-state index in [1.807, 2.05) is 0 Å². The number of benzene rings is 1. The topological polar surface area (TPSA) is 107 Å². The summed E-state index contributed by atoms with van der Waals surface area (Å²) >= 11 is 6.42. The molecule has 0 aliphatic carbocycles. The van der Waals surface area contributed by atoms with Crippen molar-refractivity contribution >= 4 is 35.1 Å². The van der Waals surface area contributed by atoms with Crippen molar-refractivity contribution in [3.8, 4) is 0 Å². The number of fused-ring (bicyclic) bond motifs is 1. The Morgan fingerprint density at radius 2 is 2.03 bits per heavy atom. The standard InChI is InChI=1S/C25H31ClN2O6/c1-3-13-27(17-10-6-5-9-16(17)26)22(31)20-25-12-11-24(2,34-25)19(23(32)33)18(25)21(30)28(20)14-7-4-8-15-29/h3,5-6,9-10,18-20,29H,1,4,7-8,11-15H2,2H3,(H,32,33)/t18-,19+,20?,24-,25?/m0/s1. The van der Waals surface area contributed by atoms with Crippen molar-refractivity contribution in [2.75, 3.05) is 24.6 Å². The molecule has 2 N–H and O–H groups in total. The third-order valence-corrected chi connectivity index (χ3v) is 7.87. The van der Waals surface area contributed by atoms with Gasteiger partial charge in [-0.3, -0.25) is 14.4 Å². The van der Waals surface area contributed by atoms with Crippen molar-refractivity contribution in [3.63, 3.8) is 0 Å². The van der Waals surface area contributed by atoms with Crippen LogP contribution in [-0.2, 0) is 19.1 Å². The van der Waals surface area contributed by atoms with E-state index in [9.17, 15) is 19.5 Å². The number of unbranched alkanes of at least 4 members (excludes halogenated alkanes) is 2. The lowest BCUT2D eigenvalue weighted by Gasteiger charge is -2.37. The summed E-state index contributed by atoms with van der Waals surface area (Å²) in [7, 11) is 0. The fraction of sp³-hybridized carbons (Fsp3) is 0.560. The van der Waals surface area contributed by atoms with Gasteiger partial charge in [0, 0.05) is 19.7 Å². The smallest absolute Gasteiger partial charge is 0.310 e. The minimum Gasteiger partial charge on any atom is -0.481 e. The van der Waals surface area contributed by atoms with Crippen LogP contribution in [0.5, 0.6) is 0 Å². The number of amides is 2. The maximum atomic E-state index is 14.2. The van der Waals surface area contributed by atoms with Gasteiger partial charge in [0.15, 0.2) is 0 Å². The van der Waals surface area contributed by atoms with Gasteiger partial charge in [-0.05, 0) is 51.2 Å². The van der Waals surface area contributed by atoms with Crippen LogP contribution < -0.4 is 4.90 Å². The molecular weight excluding hydrogens is 460 g/mol. The van der Waals surface area contributed by atoms with Crippen LogP contribution in [0, 0.1) is 11.8 Å². The molecule has 2 unspecified atom stereocenters. The number of nitrogens with zero attached hydrogens (tertiary/aromatic N) is 2. The van der Waals surface area contributed by atoms with E-state index in [-0.39, 0.29) is 31.5 Å². The zero-order chi connectivity index (χ0) is 24.7. The predicted molar refractivity (Wildman–Crippen MR) is 127 cm³/mol. The SMILES string of the molecule is C=CCN(C(=O)C1N(CCCCCO)C(=O)[C@@H]2[C@H](C(=O)O)[C@]3(C)CCC12O3)c1ccccc1Cl. The Bertz CT molecular complexity index is 1000. The molecule has 2 bridgehead atoms. The third-order valence-electron chi connectivity index (χ3n) is 7.55. The van der Waals surface area contributed by atoms with Crippen LogP contribution in [0.15, 0.2) is 36.9 Å². The first-order valence-corrected chi connectivity index (χ1v) is 12.1. The second-order valence-corrected chi connectivity index (χ2v) is 9.98. The van der Waals surface area contributed by atoms with Crippen LogP contribution in [-0.4, -0.2) is 69.8 Å². The molecular formula is C25H31ClN2O6. The summed E-state index contributed by atoms with van der Waals surface area (Å²) in [6, 6.07) is 5.99. The highest BCUT2D eigenvalue weighted by Gasteiger charge is 2.78. The summed E-state index contributed by atoms with van der Waals surface area (Å²) in [4.78, 5) is 43.2. The molecule has 34 heavy (non-hydrogen) atoms. The molecule has 2 amide bonds. The number of aliphatic carboxylic acids is 1. The maximum absolute atomic E-state index is 14.2. The van der Waals surface area contributed by atoms with Crippen molar-refractivity contribution in [1.82, 2.24) is 4.90 Å². The van der Waals surface area contributed by atoms with Gasteiger partial charge in [-0.2, -0.15) is 0 Å². The molecule has 0 saturated carbocycles. The Labute approximate surface area is 204 Å². The first kappa shape index (κ1) is 24.7. The van der Waals surface area contributed by atoms with E-state index < -0.39 is 35.0 Å². The Hall–Kier alpha value is -2.42. The number of aliphatic hydroxyl groups is 1. The molecule has 1 aromatic rings.